The van der Waals surface area contributed by atoms with Crippen molar-refractivity contribution in [1.29, 1.82) is 0 Å². The Balaban J connectivity index is 1.72. The van der Waals surface area contributed by atoms with Crippen LogP contribution < -0.4 is 14.4 Å². The lowest BCUT2D eigenvalue weighted by molar-refractivity contribution is -0.131. The molecule has 0 N–H and O–H groups in total. The van der Waals surface area contributed by atoms with Crippen molar-refractivity contribution in [3.8, 4) is 11.6 Å². The van der Waals surface area contributed by atoms with Gasteiger partial charge in [-0.15, -0.1) is 0 Å². The van der Waals surface area contributed by atoms with Gasteiger partial charge in [-0.25, -0.2) is 9.78 Å². The first-order chi connectivity index (χ1) is 14.0. The van der Waals surface area contributed by atoms with Crippen LogP contribution in [0.15, 0.2) is 42.6 Å². The summed E-state index contributed by atoms with van der Waals surface area (Å²) in [5.41, 5.74) is 1.18. The van der Waals surface area contributed by atoms with Gasteiger partial charge in [-0.1, -0.05) is 0 Å². The number of halogens is 2. The third-order valence-electron chi connectivity index (χ3n) is 4.64. The molecule has 1 saturated heterocycles. The summed E-state index contributed by atoms with van der Waals surface area (Å²) in [6.07, 6.45) is 1.77. The van der Waals surface area contributed by atoms with Crippen LogP contribution >= 0.6 is 0 Å². The zero-order chi connectivity index (χ0) is 20.8. The molecule has 9 heteroatoms. The van der Waals surface area contributed by atoms with Crippen LogP contribution in [0.3, 0.4) is 0 Å². The fourth-order valence-corrected chi connectivity index (χ4v) is 3.25. The molecule has 2 heterocycles. The molecule has 2 atom stereocenters. The van der Waals surface area contributed by atoms with Gasteiger partial charge in [0.05, 0.1) is 45.2 Å². The molecule has 156 valence electrons. The highest BCUT2D eigenvalue weighted by Gasteiger charge is 2.34. The number of pyridine rings is 1. The Kier molecular flexibility index (Phi) is 6.82. The summed E-state index contributed by atoms with van der Waals surface area (Å²) in [6.45, 7) is -2.53. The van der Waals surface area contributed by atoms with Gasteiger partial charge in [-0.05, 0) is 30.3 Å². The summed E-state index contributed by atoms with van der Waals surface area (Å²) < 4.78 is 45.4. The molecule has 7 nitrogen and oxygen atoms in total. The molecule has 1 aromatic heterocycles. The molecular weight excluding hydrogens is 386 g/mol. The Bertz CT molecular complexity index is 802. The van der Waals surface area contributed by atoms with Crippen molar-refractivity contribution in [2.45, 2.75) is 25.2 Å². The van der Waals surface area contributed by atoms with Gasteiger partial charge >= 0.3 is 12.6 Å². The molecule has 0 bridgehead atoms. The molecule has 1 fully saturated rings. The summed E-state index contributed by atoms with van der Waals surface area (Å²) in [4.78, 5) is 17.7. The quantitative estimate of drug-likeness (QED) is 0.622. The third kappa shape index (κ3) is 5.32. The van der Waals surface area contributed by atoms with Crippen LogP contribution in [0.4, 0.5) is 14.5 Å². The number of alkyl halides is 2. The van der Waals surface area contributed by atoms with E-state index in [0.29, 0.717) is 30.2 Å². The first-order valence-electron chi connectivity index (χ1n) is 9.01. The first-order valence-corrected chi connectivity index (χ1v) is 9.01. The van der Waals surface area contributed by atoms with E-state index in [1.54, 1.807) is 49.7 Å². The molecule has 0 radical (unpaired) electrons. The monoisotopic (exact) mass is 408 g/mol. The van der Waals surface area contributed by atoms with E-state index in [-0.39, 0.29) is 18.8 Å². The molecule has 1 aliphatic rings. The lowest BCUT2D eigenvalue weighted by atomic mass is 10.1. The summed E-state index contributed by atoms with van der Waals surface area (Å²) >= 11 is 0. The van der Waals surface area contributed by atoms with Crippen molar-refractivity contribution in [2.24, 2.45) is 0 Å². The molecular formula is C20H22F2N2O5. The van der Waals surface area contributed by atoms with Crippen LogP contribution in [-0.4, -0.2) is 57.1 Å². The summed E-state index contributed by atoms with van der Waals surface area (Å²) in [7, 11) is 2.86. The molecule has 0 unspecified atom stereocenters. The Hall–Kier alpha value is -2.94. The van der Waals surface area contributed by atoms with Gasteiger partial charge in [0.25, 0.3) is 0 Å². The van der Waals surface area contributed by atoms with Gasteiger partial charge in [0.15, 0.2) is 0 Å². The zero-order valence-corrected chi connectivity index (χ0v) is 16.1. The van der Waals surface area contributed by atoms with Crippen molar-refractivity contribution < 1.29 is 32.5 Å². The van der Waals surface area contributed by atoms with Gasteiger partial charge in [0.2, 0.25) is 5.88 Å². The number of anilines is 1. The van der Waals surface area contributed by atoms with Gasteiger partial charge in [-0.3, -0.25) is 0 Å². The number of carbonyl (C=O) groups is 1. The number of benzene rings is 1. The highest BCUT2D eigenvalue weighted by Crippen LogP contribution is 2.29. The van der Waals surface area contributed by atoms with Crippen LogP contribution in [0.2, 0.25) is 0 Å². The van der Waals surface area contributed by atoms with Crippen molar-refractivity contribution in [1.82, 2.24) is 4.98 Å². The molecule has 0 saturated carbocycles. The van der Waals surface area contributed by atoms with Gasteiger partial charge in [-0.2, -0.15) is 8.78 Å². The smallest absolute Gasteiger partial charge is 0.345 e. The van der Waals surface area contributed by atoms with Gasteiger partial charge < -0.3 is 23.8 Å². The maximum atomic E-state index is 12.6. The minimum atomic E-state index is -2.85. The zero-order valence-electron chi connectivity index (χ0n) is 16.1. The maximum Gasteiger partial charge on any atom is 0.345 e. The lowest BCUT2D eigenvalue weighted by Gasteiger charge is -2.26. The minimum absolute atomic E-state index is 0.147. The molecule has 0 amide bonds. The van der Waals surface area contributed by atoms with E-state index in [1.807, 2.05) is 4.90 Å². The second-order valence-corrected chi connectivity index (χ2v) is 6.45. The van der Waals surface area contributed by atoms with Crippen molar-refractivity contribution in [3.63, 3.8) is 0 Å². The highest BCUT2D eigenvalue weighted by atomic mass is 19.3. The number of hydrogen-bond donors (Lipinski definition) is 0. The van der Waals surface area contributed by atoms with Gasteiger partial charge in [0.1, 0.15) is 11.9 Å². The predicted octanol–water partition coefficient (Wildman–Crippen LogP) is 3.14. The van der Waals surface area contributed by atoms with Crippen LogP contribution in [0.5, 0.6) is 11.6 Å². The van der Waals surface area contributed by atoms with E-state index in [1.165, 1.54) is 7.11 Å². The second-order valence-electron chi connectivity index (χ2n) is 6.45. The second kappa shape index (κ2) is 9.51. The molecule has 3 rings (SSSR count). The summed E-state index contributed by atoms with van der Waals surface area (Å²) in [6, 6.07) is 9.87. The van der Waals surface area contributed by atoms with E-state index in [2.05, 4.69) is 9.72 Å². The molecule has 29 heavy (non-hydrogen) atoms. The number of aromatic nitrogens is 1. The lowest BCUT2D eigenvalue weighted by Crippen LogP contribution is -2.34. The fraction of sp³-hybridized carbons (Fsp3) is 0.400. The van der Waals surface area contributed by atoms with E-state index >= 15 is 0 Å². The number of ether oxygens (including phenoxy) is 4. The first kappa shape index (κ1) is 20.8. The summed E-state index contributed by atoms with van der Waals surface area (Å²) in [5.74, 6) is 0.592. The standard InChI is InChI=1S/C20H22F2N2O5/c1-26-16-7-8-18(23-10-16)29-17-9-15(12-28-20(21)22)24(11-17)14-5-3-13(4-6-14)19(25)27-2/h3-8,10,15,17,20H,9,11-12H2,1-2H3/t15-,17-/m0/s1. The average molecular weight is 408 g/mol. The Morgan fingerprint density at radius 3 is 2.55 bits per heavy atom. The number of nitrogens with zero attached hydrogens (tertiary/aromatic N) is 2. The van der Waals surface area contributed by atoms with Crippen LogP contribution in [-0.2, 0) is 9.47 Å². The Morgan fingerprint density at radius 1 is 1.21 bits per heavy atom. The van der Waals surface area contributed by atoms with Crippen molar-refractivity contribution in [2.75, 3.05) is 32.3 Å². The van der Waals surface area contributed by atoms with E-state index in [0.717, 1.165) is 5.69 Å². The molecule has 0 spiro atoms. The van der Waals surface area contributed by atoms with E-state index < -0.39 is 12.6 Å². The number of methoxy groups -OCH3 is 2. The van der Waals surface area contributed by atoms with Crippen LogP contribution in [0, 0.1) is 0 Å². The average Bonchev–Trinajstić information content (AvgIpc) is 3.15. The Morgan fingerprint density at radius 2 is 1.97 bits per heavy atom. The highest BCUT2D eigenvalue weighted by molar-refractivity contribution is 5.89. The Labute approximate surface area is 167 Å². The van der Waals surface area contributed by atoms with Crippen LogP contribution in [0.1, 0.15) is 16.8 Å². The molecule has 0 aliphatic carbocycles. The summed E-state index contributed by atoms with van der Waals surface area (Å²) in [5, 5.41) is 0. The van der Waals surface area contributed by atoms with Crippen molar-refractivity contribution >= 4 is 11.7 Å². The molecule has 2 aromatic rings. The number of esters is 1. The third-order valence-corrected chi connectivity index (χ3v) is 4.64. The van der Waals surface area contributed by atoms with Crippen LogP contribution in [0.25, 0.3) is 0 Å². The molecule has 1 aromatic carbocycles. The normalized spacial score (nSPS) is 18.7. The number of carbonyl (C=O) groups excluding carboxylic acids is 1. The SMILES string of the molecule is COC(=O)c1ccc(N2C[C@@H](Oc3ccc(OC)cn3)C[C@H]2COC(F)F)cc1. The predicted molar refractivity (Wildman–Crippen MR) is 101 cm³/mol. The van der Waals surface area contributed by atoms with E-state index in [4.69, 9.17) is 14.2 Å². The molecule has 1 aliphatic heterocycles. The maximum absolute atomic E-state index is 12.6. The largest absolute Gasteiger partial charge is 0.495 e. The number of rotatable bonds is 8. The fourth-order valence-electron chi connectivity index (χ4n) is 3.25. The van der Waals surface area contributed by atoms with E-state index in [9.17, 15) is 13.6 Å². The minimum Gasteiger partial charge on any atom is -0.495 e. The topological polar surface area (TPSA) is 70.1 Å². The number of hydrogen-bond acceptors (Lipinski definition) is 7. The van der Waals surface area contributed by atoms with Crippen molar-refractivity contribution in [3.05, 3.63) is 48.2 Å². The van der Waals surface area contributed by atoms with Gasteiger partial charge in [0, 0.05) is 18.2 Å².